The molecule has 0 bridgehead atoms. The number of hydrogen-bond acceptors (Lipinski definition) is 3. The fourth-order valence-electron chi connectivity index (χ4n) is 5.03. The summed E-state index contributed by atoms with van der Waals surface area (Å²) in [7, 11) is 0. The van der Waals surface area contributed by atoms with Gasteiger partial charge in [0.05, 0.1) is 11.4 Å². The van der Waals surface area contributed by atoms with Crippen molar-refractivity contribution in [2.24, 2.45) is 0 Å². The maximum atomic E-state index is 5.15. The Kier molecular flexibility index (Phi) is 6.81. The predicted molar refractivity (Wildman–Crippen MR) is 154 cm³/mol. The van der Waals surface area contributed by atoms with Gasteiger partial charge in [0, 0.05) is 71.3 Å². The van der Waals surface area contributed by atoms with Gasteiger partial charge in [0.2, 0.25) is 0 Å². The SMILES string of the molecule is CCN(CC)c1ccc(-c2nc(-c3c[nH]c4ccccc34)[nH]c2-c2ccc(N(CC)CC)cc2)cc1. The lowest BCUT2D eigenvalue weighted by Gasteiger charge is -2.21. The standard InChI is InChI=1S/C31H35N5/c1-5-35(6-2)24-17-13-22(14-18-24)29-30(23-15-19-25(20-16-23)36(7-3)8-4)34-31(33-29)27-21-32-28-12-10-9-11-26(27)28/h9-21,32H,5-8H2,1-4H3,(H,33,34). The van der Waals surface area contributed by atoms with E-state index < -0.39 is 0 Å². The van der Waals surface area contributed by atoms with Gasteiger partial charge in [0.1, 0.15) is 5.82 Å². The third-order valence-corrected chi connectivity index (χ3v) is 7.10. The van der Waals surface area contributed by atoms with Crippen LogP contribution in [0.4, 0.5) is 11.4 Å². The molecule has 2 heterocycles. The number of hydrogen-bond donors (Lipinski definition) is 2. The smallest absolute Gasteiger partial charge is 0.140 e. The maximum Gasteiger partial charge on any atom is 0.140 e. The number of fused-ring (bicyclic) bond motifs is 1. The Labute approximate surface area is 213 Å². The summed E-state index contributed by atoms with van der Waals surface area (Å²) in [6.45, 7) is 12.8. The first-order chi connectivity index (χ1) is 17.7. The molecule has 0 aliphatic rings. The molecule has 0 atom stereocenters. The van der Waals surface area contributed by atoms with Crippen LogP contribution in [0.2, 0.25) is 0 Å². The number of para-hydroxylation sites is 1. The van der Waals surface area contributed by atoms with Crippen molar-refractivity contribution in [2.75, 3.05) is 36.0 Å². The van der Waals surface area contributed by atoms with E-state index in [1.807, 2.05) is 6.20 Å². The van der Waals surface area contributed by atoms with Crippen LogP contribution in [0.3, 0.4) is 0 Å². The molecule has 184 valence electrons. The average molecular weight is 478 g/mol. The highest BCUT2D eigenvalue weighted by Gasteiger charge is 2.18. The number of benzene rings is 3. The van der Waals surface area contributed by atoms with Crippen LogP contribution < -0.4 is 9.80 Å². The molecular weight excluding hydrogens is 442 g/mol. The average Bonchev–Trinajstić information content (AvgIpc) is 3.56. The fraction of sp³-hybridized carbons (Fsp3) is 0.258. The zero-order valence-electron chi connectivity index (χ0n) is 21.7. The monoisotopic (exact) mass is 477 g/mol. The van der Waals surface area contributed by atoms with Crippen LogP contribution in [0.5, 0.6) is 0 Å². The van der Waals surface area contributed by atoms with Crippen LogP contribution in [0, 0.1) is 0 Å². The van der Waals surface area contributed by atoms with Crippen molar-refractivity contribution < 1.29 is 0 Å². The van der Waals surface area contributed by atoms with Gasteiger partial charge in [-0.25, -0.2) is 4.98 Å². The summed E-state index contributed by atoms with van der Waals surface area (Å²) in [6, 6.07) is 26.0. The van der Waals surface area contributed by atoms with Gasteiger partial charge in [0.15, 0.2) is 0 Å². The number of H-pyrrole nitrogens is 2. The fourth-order valence-corrected chi connectivity index (χ4v) is 5.03. The normalized spacial score (nSPS) is 11.2. The van der Waals surface area contributed by atoms with Gasteiger partial charge < -0.3 is 19.8 Å². The summed E-state index contributed by atoms with van der Waals surface area (Å²) in [6.07, 6.45) is 2.05. The number of aromatic amines is 2. The van der Waals surface area contributed by atoms with Crippen molar-refractivity contribution in [3.63, 3.8) is 0 Å². The molecule has 0 saturated heterocycles. The number of aromatic nitrogens is 3. The summed E-state index contributed by atoms with van der Waals surface area (Å²) in [5, 5.41) is 1.16. The molecule has 36 heavy (non-hydrogen) atoms. The molecule has 5 nitrogen and oxygen atoms in total. The van der Waals surface area contributed by atoms with Crippen LogP contribution in [-0.2, 0) is 0 Å². The molecule has 5 rings (SSSR count). The van der Waals surface area contributed by atoms with Crippen molar-refractivity contribution in [1.82, 2.24) is 15.0 Å². The van der Waals surface area contributed by atoms with E-state index in [1.54, 1.807) is 0 Å². The van der Waals surface area contributed by atoms with Gasteiger partial charge >= 0.3 is 0 Å². The highest BCUT2D eigenvalue weighted by atomic mass is 15.1. The lowest BCUT2D eigenvalue weighted by atomic mass is 10.0. The maximum absolute atomic E-state index is 5.15. The Morgan fingerprint density at radius 3 is 1.81 bits per heavy atom. The Morgan fingerprint density at radius 1 is 0.667 bits per heavy atom. The predicted octanol–water partition coefficient (Wildman–Crippen LogP) is 7.58. The number of nitrogens with one attached hydrogen (secondary N) is 2. The summed E-state index contributed by atoms with van der Waals surface area (Å²) < 4.78 is 0. The van der Waals surface area contributed by atoms with Crippen molar-refractivity contribution in [1.29, 1.82) is 0 Å². The second kappa shape index (κ2) is 10.3. The van der Waals surface area contributed by atoms with Crippen LogP contribution in [0.1, 0.15) is 27.7 Å². The topological polar surface area (TPSA) is 51.0 Å². The van der Waals surface area contributed by atoms with E-state index in [-0.39, 0.29) is 0 Å². The van der Waals surface area contributed by atoms with E-state index in [0.717, 1.165) is 71.0 Å². The van der Waals surface area contributed by atoms with Gasteiger partial charge in [-0.2, -0.15) is 0 Å². The zero-order chi connectivity index (χ0) is 25.1. The number of anilines is 2. The molecule has 5 aromatic rings. The number of imidazole rings is 1. The van der Waals surface area contributed by atoms with Crippen LogP contribution in [-0.4, -0.2) is 41.1 Å². The molecule has 0 unspecified atom stereocenters. The van der Waals surface area contributed by atoms with E-state index in [0.29, 0.717) is 0 Å². The summed E-state index contributed by atoms with van der Waals surface area (Å²) in [5.41, 5.74) is 8.92. The van der Waals surface area contributed by atoms with Gasteiger partial charge in [-0.05, 0) is 58.0 Å². The first-order valence-electron chi connectivity index (χ1n) is 13.0. The molecule has 5 heteroatoms. The second-order valence-corrected chi connectivity index (χ2v) is 9.00. The number of rotatable bonds is 9. The molecule has 0 spiro atoms. The lowest BCUT2D eigenvalue weighted by Crippen LogP contribution is -2.21. The van der Waals surface area contributed by atoms with E-state index in [9.17, 15) is 0 Å². The minimum Gasteiger partial charge on any atom is -0.372 e. The van der Waals surface area contributed by atoms with E-state index >= 15 is 0 Å². The Hall–Kier alpha value is -3.99. The van der Waals surface area contributed by atoms with Gasteiger partial charge in [0.25, 0.3) is 0 Å². The molecule has 0 radical (unpaired) electrons. The summed E-state index contributed by atoms with van der Waals surface area (Å²) in [4.78, 5) is 16.9. The summed E-state index contributed by atoms with van der Waals surface area (Å²) in [5.74, 6) is 0.873. The third kappa shape index (κ3) is 4.37. The molecule has 0 aliphatic heterocycles. The molecule has 0 aliphatic carbocycles. The number of nitrogens with zero attached hydrogens (tertiary/aromatic N) is 3. The van der Waals surface area contributed by atoms with Gasteiger partial charge in [-0.3, -0.25) is 0 Å². The van der Waals surface area contributed by atoms with Crippen LogP contribution in [0.25, 0.3) is 44.8 Å². The Bertz CT molecular complexity index is 1350. The zero-order valence-corrected chi connectivity index (χ0v) is 21.7. The largest absolute Gasteiger partial charge is 0.372 e. The van der Waals surface area contributed by atoms with Crippen molar-refractivity contribution in [3.05, 3.63) is 79.0 Å². The first-order valence-corrected chi connectivity index (χ1v) is 13.0. The van der Waals surface area contributed by atoms with E-state index in [4.69, 9.17) is 4.98 Å². The lowest BCUT2D eigenvalue weighted by molar-refractivity contribution is 0.866. The van der Waals surface area contributed by atoms with Gasteiger partial charge in [-0.1, -0.05) is 42.5 Å². The van der Waals surface area contributed by atoms with Crippen molar-refractivity contribution >= 4 is 22.3 Å². The molecular formula is C31H35N5. The minimum atomic E-state index is 0.873. The Balaban J connectivity index is 1.61. The molecule has 2 aromatic heterocycles. The Morgan fingerprint density at radius 2 is 1.22 bits per heavy atom. The van der Waals surface area contributed by atoms with Gasteiger partial charge in [-0.15, -0.1) is 0 Å². The second-order valence-electron chi connectivity index (χ2n) is 9.00. The summed E-state index contributed by atoms with van der Waals surface area (Å²) >= 11 is 0. The molecule has 3 aromatic carbocycles. The first kappa shape index (κ1) is 23.7. The highest BCUT2D eigenvalue weighted by Crippen LogP contribution is 2.36. The highest BCUT2D eigenvalue weighted by molar-refractivity contribution is 5.95. The molecule has 0 saturated carbocycles. The minimum absolute atomic E-state index is 0.873. The quantitative estimate of drug-likeness (QED) is 0.230. The molecule has 0 fully saturated rings. The van der Waals surface area contributed by atoms with E-state index in [2.05, 4.69) is 120 Å². The molecule has 0 amide bonds. The third-order valence-electron chi connectivity index (χ3n) is 7.10. The van der Waals surface area contributed by atoms with Crippen LogP contribution in [0.15, 0.2) is 79.0 Å². The van der Waals surface area contributed by atoms with Crippen LogP contribution >= 0.6 is 0 Å². The van der Waals surface area contributed by atoms with Crippen molar-refractivity contribution in [3.8, 4) is 33.9 Å². The van der Waals surface area contributed by atoms with Crippen molar-refractivity contribution in [2.45, 2.75) is 27.7 Å². The van der Waals surface area contributed by atoms with E-state index in [1.165, 1.54) is 11.4 Å². The molecule has 2 N–H and O–H groups in total.